The van der Waals surface area contributed by atoms with Gasteiger partial charge in [-0.25, -0.2) is 9.67 Å². The minimum absolute atomic E-state index is 0.298. The van der Waals surface area contributed by atoms with Crippen molar-refractivity contribution < 1.29 is 9.53 Å². The Labute approximate surface area is 165 Å². The molecule has 0 aliphatic heterocycles. The van der Waals surface area contributed by atoms with Crippen molar-refractivity contribution in [2.75, 3.05) is 12.4 Å². The maximum atomic E-state index is 12.7. The number of aromatic nitrogens is 4. The van der Waals surface area contributed by atoms with Gasteiger partial charge in [-0.1, -0.05) is 35.9 Å². The SMILES string of the molecule is COc1ncc(NC(=O)c2cnn(-c3cncc4ccccc34)c2C)cc1Cl. The van der Waals surface area contributed by atoms with Crippen LogP contribution in [0.4, 0.5) is 5.69 Å². The lowest BCUT2D eigenvalue weighted by atomic mass is 10.1. The molecular formula is C20H16ClN5O2. The third kappa shape index (κ3) is 3.16. The average Bonchev–Trinajstić information content (AvgIpc) is 3.09. The van der Waals surface area contributed by atoms with Gasteiger partial charge in [-0.2, -0.15) is 5.10 Å². The van der Waals surface area contributed by atoms with Gasteiger partial charge in [0.1, 0.15) is 5.02 Å². The summed E-state index contributed by atoms with van der Waals surface area (Å²) in [4.78, 5) is 21.1. The highest BCUT2D eigenvalue weighted by molar-refractivity contribution is 6.32. The molecule has 0 aliphatic rings. The van der Waals surface area contributed by atoms with E-state index < -0.39 is 0 Å². The molecule has 1 amide bonds. The number of hydrogen-bond acceptors (Lipinski definition) is 5. The second-order valence-electron chi connectivity index (χ2n) is 6.10. The Balaban J connectivity index is 1.66. The fraction of sp³-hybridized carbons (Fsp3) is 0.100. The molecule has 1 N–H and O–H groups in total. The van der Waals surface area contributed by atoms with E-state index in [-0.39, 0.29) is 5.91 Å². The molecule has 4 rings (SSSR count). The summed E-state index contributed by atoms with van der Waals surface area (Å²) in [5.41, 5.74) is 2.42. The molecule has 140 valence electrons. The van der Waals surface area contributed by atoms with Crippen LogP contribution in [0.5, 0.6) is 5.88 Å². The van der Waals surface area contributed by atoms with Gasteiger partial charge in [0.25, 0.3) is 5.91 Å². The minimum atomic E-state index is -0.306. The zero-order valence-electron chi connectivity index (χ0n) is 15.2. The normalized spacial score (nSPS) is 10.8. The van der Waals surface area contributed by atoms with E-state index in [2.05, 4.69) is 20.4 Å². The van der Waals surface area contributed by atoms with Crippen LogP contribution in [0, 0.1) is 6.92 Å². The molecule has 0 atom stereocenters. The second-order valence-corrected chi connectivity index (χ2v) is 6.51. The molecular weight excluding hydrogens is 378 g/mol. The van der Waals surface area contributed by atoms with Gasteiger partial charge >= 0.3 is 0 Å². The van der Waals surface area contributed by atoms with Crippen LogP contribution < -0.4 is 10.1 Å². The highest BCUT2D eigenvalue weighted by atomic mass is 35.5. The number of nitrogens with one attached hydrogen (secondary N) is 1. The molecule has 0 fully saturated rings. The first-order valence-corrected chi connectivity index (χ1v) is 8.85. The summed E-state index contributed by atoms with van der Waals surface area (Å²) in [5.74, 6) is -0.00731. The molecule has 4 aromatic rings. The number of benzene rings is 1. The zero-order valence-corrected chi connectivity index (χ0v) is 15.9. The van der Waals surface area contributed by atoms with E-state index in [0.29, 0.717) is 27.8 Å². The number of halogens is 1. The molecule has 8 heteroatoms. The number of hydrogen-bond donors (Lipinski definition) is 1. The molecule has 3 aromatic heterocycles. The number of rotatable bonds is 4. The van der Waals surface area contributed by atoms with Crippen molar-refractivity contribution in [3.05, 3.63) is 71.4 Å². The van der Waals surface area contributed by atoms with Crippen molar-refractivity contribution in [3.8, 4) is 11.6 Å². The van der Waals surface area contributed by atoms with Crippen LogP contribution in [0.2, 0.25) is 5.02 Å². The van der Waals surface area contributed by atoms with Crippen molar-refractivity contribution in [1.82, 2.24) is 19.7 Å². The van der Waals surface area contributed by atoms with Gasteiger partial charge in [-0.3, -0.25) is 9.78 Å². The lowest BCUT2D eigenvalue weighted by molar-refractivity contribution is 0.102. The Kier molecular flexibility index (Phi) is 4.67. The van der Waals surface area contributed by atoms with Gasteiger partial charge in [0.05, 0.1) is 48.3 Å². The predicted molar refractivity (Wildman–Crippen MR) is 107 cm³/mol. The molecule has 7 nitrogen and oxygen atoms in total. The van der Waals surface area contributed by atoms with Gasteiger partial charge in [-0.05, 0) is 13.0 Å². The van der Waals surface area contributed by atoms with Crippen LogP contribution in [0.3, 0.4) is 0 Å². The third-order valence-corrected chi connectivity index (χ3v) is 4.66. The van der Waals surface area contributed by atoms with Crippen molar-refractivity contribution in [1.29, 1.82) is 0 Å². The lowest BCUT2D eigenvalue weighted by Crippen LogP contribution is -2.13. The molecule has 0 radical (unpaired) electrons. The van der Waals surface area contributed by atoms with E-state index in [1.807, 2.05) is 31.2 Å². The van der Waals surface area contributed by atoms with E-state index >= 15 is 0 Å². The monoisotopic (exact) mass is 393 g/mol. The van der Waals surface area contributed by atoms with Crippen molar-refractivity contribution >= 4 is 34.0 Å². The standard InChI is InChI=1S/C20H16ClN5O2/c1-12-16(19(27)25-14-7-17(21)20(28-2)23-9-14)10-24-26(12)18-11-22-8-13-5-3-4-6-15(13)18/h3-11H,1-2H3,(H,25,27). The highest BCUT2D eigenvalue weighted by Gasteiger charge is 2.17. The largest absolute Gasteiger partial charge is 0.480 e. The van der Waals surface area contributed by atoms with Crippen LogP contribution in [-0.2, 0) is 0 Å². The minimum Gasteiger partial charge on any atom is -0.480 e. The molecule has 0 aliphatic carbocycles. The Bertz CT molecular complexity index is 1180. The van der Waals surface area contributed by atoms with Crippen LogP contribution in [0.1, 0.15) is 16.1 Å². The quantitative estimate of drug-likeness (QED) is 0.566. The smallest absolute Gasteiger partial charge is 0.259 e. The van der Waals surface area contributed by atoms with E-state index in [9.17, 15) is 4.79 Å². The second kappa shape index (κ2) is 7.28. The molecule has 0 spiro atoms. The number of methoxy groups -OCH3 is 1. The average molecular weight is 394 g/mol. The van der Waals surface area contributed by atoms with E-state index in [4.69, 9.17) is 16.3 Å². The summed E-state index contributed by atoms with van der Waals surface area (Å²) in [7, 11) is 1.48. The number of pyridine rings is 2. The number of ether oxygens (including phenoxy) is 1. The van der Waals surface area contributed by atoms with Gasteiger partial charge in [-0.15, -0.1) is 0 Å². The topological polar surface area (TPSA) is 81.9 Å². The van der Waals surface area contributed by atoms with Gasteiger partial charge in [0.15, 0.2) is 0 Å². The summed E-state index contributed by atoms with van der Waals surface area (Å²) in [6.45, 7) is 1.84. The Morgan fingerprint density at radius 2 is 2.00 bits per heavy atom. The molecule has 0 unspecified atom stereocenters. The number of nitrogens with zero attached hydrogens (tertiary/aromatic N) is 4. The first kappa shape index (κ1) is 17.9. The van der Waals surface area contributed by atoms with Crippen molar-refractivity contribution in [2.45, 2.75) is 6.92 Å². The molecule has 0 saturated heterocycles. The van der Waals surface area contributed by atoms with Crippen LogP contribution in [-0.4, -0.2) is 32.8 Å². The molecule has 1 aromatic carbocycles. The number of amides is 1. The zero-order chi connectivity index (χ0) is 19.7. The van der Waals surface area contributed by atoms with E-state index in [1.165, 1.54) is 19.5 Å². The Morgan fingerprint density at radius 1 is 1.18 bits per heavy atom. The molecule has 0 bridgehead atoms. The van der Waals surface area contributed by atoms with Gasteiger partial charge < -0.3 is 10.1 Å². The Hall–Kier alpha value is -3.45. The summed E-state index contributed by atoms with van der Waals surface area (Å²) in [6, 6.07) is 9.48. The fourth-order valence-electron chi connectivity index (χ4n) is 2.99. The number of carbonyl (C=O) groups is 1. The highest BCUT2D eigenvalue weighted by Crippen LogP contribution is 2.26. The van der Waals surface area contributed by atoms with Crippen LogP contribution in [0.25, 0.3) is 16.5 Å². The number of fused-ring (bicyclic) bond motifs is 1. The summed E-state index contributed by atoms with van der Waals surface area (Å²) < 4.78 is 6.73. The van der Waals surface area contributed by atoms with E-state index in [0.717, 1.165) is 16.5 Å². The molecule has 28 heavy (non-hydrogen) atoms. The fourth-order valence-corrected chi connectivity index (χ4v) is 3.23. The van der Waals surface area contributed by atoms with Crippen LogP contribution >= 0.6 is 11.6 Å². The number of anilines is 1. The van der Waals surface area contributed by atoms with E-state index in [1.54, 1.807) is 23.1 Å². The maximum absolute atomic E-state index is 12.7. The van der Waals surface area contributed by atoms with Crippen molar-refractivity contribution in [2.24, 2.45) is 0 Å². The first-order valence-electron chi connectivity index (χ1n) is 8.47. The lowest BCUT2D eigenvalue weighted by Gasteiger charge is -2.09. The first-order chi connectivity index (χ1) is 13.6. The van der Waals surface area contributed by atoms with Gasteiger partial charge in [0.2, 0.25) is 5.88 Å². The third-order valence-electron chi connectivity index (χ3n) is 4.39. The number of carbonyl (C=O) groups excluding carboxylic acids is 1. The summed E-state index contributed by atoms with van der Waals surface area (Å²) in [5, 5.41) is 9.50. The molecule has 0 saturated carbocycles. The summed E-state index contributed by atoms with van der Waals surface area (Å²) >= 11 is 6.07. The predicted octanol–water partition coefficient (Wildman–Crippen LogP) is 4.04. The van der Waals surface area contributed by atoms with Gasteiger partial charge in [0, 0.05) is 17.0 Å². The molecule has 3 heterocycles. The van der Waals surface area contributed by atoms with Crippen molar-refractivity contribution in [3.63, 3.8) is 0 Å². The maximum Gasteiger partial charge on any atom is 0.259 e. The van der Waals surface area contributed by atoms with Crippen LogP contribution in [0.15, 0.2) is 55.1 Å². The Morgan fingerprint density at radius 3 is 2.79 bits per heavy atom. The summed E-state index contributed by atoms with van der Waals surface area (Å²) in [6.07, 6.45) is 6.55.